The topological polar surface area (TPSA) is 72.2 Å². The van der Waals surface area contributed by atoms with Gasteiger partial charge < -0.3 is 5.11 Å². The fourth-order valence-corrected chi connectivity index (χ4v) is 3.65. The zero-order valence-electron chi connectivity index (χ0n) is 10.0. The van der Waals surface area contributed by atoms with Crippen LogP contribution in [0.25, 0.3) is 10.2 Å². The highest BCUT2D eigenvalue weighted by molar-refractivity contribution is 7.99. The largest absolute Gasteiger partial charge is 0.481 e. The Balaban J connectivity index is 2.10. The summed E-state index contributed by atoms with van der Waals surface area (Å²) in [5, 5.41) is 11.2. The summed E-state index contributed by atoms with van der Waals surface area (Å²) in [5.41, 5.74) is 0.635. The van der Waals surface area contributed by atoms with Crippen molar-refractivity contribution in [1.29, 1.82) is 0 Å². The van der Waals surface area contributed by atoms with Crippen molar-refractivity contribution in [2.75, 3.05) is 5.75 Å². The fraction of sp³-hybridized carbons (Fsp3) is 0.417. The van der Waals surface area contributed by atoms with Gasteiger partial charge in [0.2, 0.25) is 0 Å². The normalized spacial score (nSPS) is 15.6. The average Bonchev–Trinajstić information content (AvgIpc) is 2.76. The third-order valence-corrected chi connectivity index (χ3v) is 5.07. The maximum absolute atomic E-state index is 12.5. The molecule has 3 rings (SSSR count). The monoisotopic (exact) mass is 296 g/mol. The molecule has 0 saturated heterocycles. The Bertz CT molecular complexity index is 688. The first-order valence-electron chi connectivity index (χ1n) is 6.01. The summed E-state index contributed by atoms with van der Waals surface area (Å²) in [6.07, 6.45) is 3.06. The van der Waals surface area contributed by atoms with Gasteiger partial charge in [-0.05, 0) is 30.7 Å². The van der Waals surface area contributed by atoms with Crippen molar-refractivity contribution in [2.24, 2.45) is 0 Å². The van der Waals surface area contributed by atoms with Crippen LogP contribution in [0.2, 0.25) is 0 Å². The van der Waals surface area contributed by atoms with E-state index in [1.165, 1.54) is 11.3 Å². The second-order valence-electron chi connectivity index (χ2n) is 4.47. The number of rotatable bonds is 4. The van der Waals surface area contributed by atoms with Crippen molar-refractivity contribution in [1.82, 2.24) is 9.55 Å². The lowest BCUT2D eigenvalue weighted by atomic mass is 9.93. The van der Waals surface area contributed by atoms with Crippen LogP contribution >= 0.6 is 23.1 Å². The van der Waals surface area contributed by atoms with Crippen LogP contribution in [-0.4, -0.2) is 26.4 Å². The molecule has 7 heteroatoms. The van der Waals surface area contributed by atoms with Crippen LogP contribution in [0, 0.1) is 0 Å². The van der Waals surface area contributed by atoms with E-state index in [9.17, 15) is 9.59 Å². The third-order valence-electron chi connectivity index (χ3n) is 3.24. The zero-order valence-corrected chi connectivity index (χ0v) is 11.7. The first-order chi connectivity index (χ1) is 9.16. The number of carboxylic acids is 1. The minimum absolute atomic E-state index is 0.0300. The van der Waals surface area contributed by atoms with Gasteiger partial charge in [0.15, 0.2) is 5.16 Å². The first kappa shape index (κ1) is 12.7. The molecule has 2 aromatic heterocycles. The van der Waals surface area contributed by atoms with Gasteiger partial charge in [-0.1, -0.05) is 11.8 Å². The molecule has 0 aliphatic heterocycles. The molecule has 1 aliphatic carbocycles. The Labute approximate surface area is 117 Å². The van der Waals surface area contributed by atoms with Gasteiger partial charge in [-0.2, -0.15) is 0 Å². The van der Waals surface area contributed by atoms with Gasteiger partial charge >= 0.3 is 5.97 Å². The predicted molar refractivity (Wildman–Crippen MR) is 75.1 cm³/mol. The van der Waals surface area contributed by atoms with Crippen LogP contribution in [-0.2, 0) is 4.79 Å². The van der Waals surface area contributed by atoms with Crippen LogP contribution in [0.15, 0.2) is 21.4 Å². The van der Waals surface area contributed by atoms with Gasteiger partial charge in [0, 0.05) is 6.04 Å². The molecule has 0 spiro atoms. The van der Waals surface area contributed by atoms with Gasteiger partial charge in [-0.3, -0.25) is 14.2 Å². The van der Waals surface area contributed by atoms with E-state index in [4.69, 9.17) is 5.11 Å². The Kier molecular flexibility index (Phi) is 3.32. The molecule has 0 atom stereocenters. The van der Waals surface area contributed by atoms with Gasteiger partial charge in [-0.15, -0.1) is 11.3 Å². The zero-order chi connectivity index (χ0) is 13.4. The van der Waals surface area contributed by atoms with Crippen molar-refractivity contribution < 1.29 is 9.90 Å². The number of aliphatic carboxylic acids is 1. The molecule has 2 aromatic rings. The fourth-order valence-electron chi connectivity index (χ4n) is 2.10. The van der Waals surface area contributed by atoms with Gasteiger partial charge in [0.05, 0.1) is 11.3 Å². The van der Waals surface area contributed by atoms with E-state index in [1.807, 2.05) is 5.38 Å². The van der Waals surface area contributed by atoms with E-state index in [-0.39, 0.29) is 17.4 Å². The van der Waals surface area contributed by atoms with E-state index >= 15 is 0 Å². The summed E-state index contributed by atoms with van der Waals surface area (Å²) in [7, 11) is 0. The summed E-state index contributed by atoms with van der Waals surface area (Å²) in [6, 6.07) is 1.99. The molecule has 0 amide bonds. The van der Waals surface area contributed by atoms with Gasteiger partial charge in [-0.25, -0.2) is 4.98 Å². The number of hydrogen-bond donors (Lipinski definition) is 1. The number of aromatic nitrogens is 2. The lowest BCUT2D eigenvalue weighted by molar-refractivity contribution is -0.133. The molecule has 0 radical (unpaired) electrons. The Hall–Kier alpha value is -1.34. The summed E-state index contributed by atoms with van der Waals surface area (Å²) in [4.78, 5) is 27.6. The molecule has 0 unspecified atom stereocenters. The van der Waals surface area contributed by atoms with Crippen molar-refractivity contribution in [3.63, 3.8) is 0 Å². The van der Waals surface area contributed by atoms with Crippen molar-refractivity contribution >= 4 is 39.3 Å². The van der Waals surface area contributed by atoms with E-state index in [2.05, 4.69) is 4.98 Å². The van der Waals surface area contributed by atoms with E-state index < -0.39 is 5.97 Å². The smallest absolute Gasteiger partial charge is 0.313 e. The van der Waals surface area contributed by atoms with Gasteiger partial charge in [0.25, 0.3) is 5.56 Å². The minimum atomic E-state index is -0.898. The highest BCUT2D eigenvalue weighted by Gasteiger charge is 2.25. The quantitative estimate of drug-likeness (QED) is 0.692. The Morgan fingerprint density at radius 3 is 3.00 bits per heavy atom. The summed E-state index contributed by atoms with van der Waals surface area (Å²) >= 11 is 2.51. The maximum Gasteiger partial charge on any atom is 0.313 e. The maximum atomic E-state index is 12.5. The number of nitrogens with zero attached hydrogens (tertiary/aromatic N) is 2. The Morgan fingerprint density at radius 1 is 1.58 bits per heavy atom. The number of thiophene rings is 1. The lowest BCUT2D eigenvalue weighted by Crippen LogP contribution is -2.30. The molecule has 1 N–H and O–H groups in total. The molecule has 1 fully saturated rings. The molecule has 5 nitrogen and oxygen atoms in total. The van der Waals surface area contributed by atoms with E-state index in [0.717, 1.165) is 31.0 Å². The molecule has 19 heavy (non-hydrogen) atoms. The highest BCUT2D eigenvalue weighted by atomic mass is 32.2. The number of thioether (sulfide) groups is 1. The second-order valence-corrected chi connectivity index (χ2v) is 6.33. The van der Waals surface area contributed by atoms with Crippen LogP contribution in [0.5, 0.6) is 0 Å². The average molecular weight is 296 g/mol. The van der Waals surface area contributed by atoms with Crippen LogP contribution in [0.3, 0.4) is 0 Å². The molecule has 2 heterocycles. The molecular weight excluding hydrogens is 284 g/mol. The first-order valence-corrected chi connectivity index (χ1v) is 7.87. The minimum Gasteiger partial charge on any atom is -0.481 e. The number of fused-ring (bicyclic) bond motifs is 1. The molecule has 100 valence electrons. The SMILES string of the molecule is O=C(O)CSc1nc2ccsc2c(=O)n1C1CCC1. The standard InChI is InChI=1S/C12H12N2O3S2/c15-9(16)6-19-12-13-8-4-5-18-10(8)11(17)14(12)7-2-1-3-7/h4-5,7H,1-3,6H2,(H,15,16). The van der Waals surface area contributed by atoms with Crippen molar-refractivity contribution in [3.05, 3.63) is 21.8 Å². The molecule has 1 saturated carbocycles. The van der Waals surface area contributed by atoms with Crippen molar-refractivity contribution in [2.45, 2.75) is 30.5 Å². The van der Waals surface area contributed by atoms with Crippen LogP contribution < -0.4 is 5.56 Å². The molecule has 1 aliphatic rings. The highest BCUT2D eigenvalue weighted by Crippen LogP contribution is 2.34. The van der Waals surface area contributed by atoms with E-state index in [1.54, 1.807) is 10.6 Å². The number of carbonyl (C=O) groups is 1. The van der Waals surface area contributed by atoms with Crippen LogP contribution in [0.1, 0.15) is 25.3 Å². The van der Waals surface area contributed by atoms with Crippen molar-refractivity contribution in [3.8, 4) is 0 Å². The second kappa shape index (κ2) is 4.97. The van der Waals surface area contributed by atoms with E-state index in [0.29, 0.717) is 15.4 Å². The number of carboxylic acid groups (broad SMARTS) is 1. The lowest BCUT2D eigenvalue weighted by Gasteiger charge is -2.29. The number of hydrogen-bond acceptors (Lipinski definition) is 5. The molecular formula is C12H12N2O3S2. The summed E-state index contributed by atoms with van der Waals surface area (Å²) in [5.74, 6) is -0.973. The van der Waals surface area contributed by atoms with Gasteiger partial charge in [0.1, 0.15) is 4.70 Å². The summed E-state index contributed by atoms with van der Waals surface area (Å²) < 4.78 is 2.35. The Morgan fingerprint density at radius 2 is 2.37 bits per heavy atom. The predicted octanol–water partition coefficient (Wildman–Crippen LogP) is 2.36. The summed E-state index contributed by atoms with van der Waals surface area (Å²) in [6.45, 7) is 0. The third kappa shape index (κ3) is 2.28. The molecule has 0 aromatic carbocycles. The van der Waals surface area contributed by atoms with Crippen LogP contribution in [0.4, 0.5) is 0 Å². The molecule has 0 bridgehead atoms.